The highest BCUT2D eigenvalue weighted by molar-refractivity contribution is 5.65. The van der Waals surface area contributed by atoms with Crippen molar-refractivity contribution in [1.29, 1.82) is 0 Å². The molecule has 0 amide bonds. The van der Waals surface area contributed by atoms with Crippen LogP contribution in [-0.4, -0.2) is 16.0 Å². The second kappa shape index (κ2) is 8.60. The summed E-state index contributed by atoms with van der Waals surface area (Å²) < 4.78 is 2.09. The molecule has 29 heavy (non-hydrogen) atoms. The van der Waals surface area contributed by atoms with Crippen molar-refractivity contribution in [3.05, 3.63) is 101 Å². The van der Waals surface area contributed by atoms with Gasteiger partial charge in [-0.25, -0.2) is 0 Å². The number of aryl methyl sites for hydroxylation is 2. The SMILES string of the molecule is C=C(CC)c1cccn1C.C=C1C(=C)C(N2CCc3ccc(CC)cc3C2)=C1N. The van der Waals surface area contributed by atoms with E-state index in [1.165, 1.54) is 28.0 Å². The monoisotopic (exact) mass is 387 g/mol. The number of aromatic nitrogens is 1. The Morgan fingerprint density at radius 3 is 2.45 bits per heavy atom. The van der Waals surface area contributed by atoms with Gasteiger partial charge in [0.05, 0.1) is 11.4 Å². The predicted molar refractivity (Wildman–Crippen MR) is 124 cm³/mol. The van der Waals surface area contributed by atoms with Gasteiger partial charge in [-0.3, -0.25) is 0 Å². The van der Waals surface area contributed by atoms with E-state index in [4.69, 9.17) is 5.73 Å². The molecule has 2 heterocycles. The van der Waals surface area contributed by atoms with Gasteiger partial charge in [-0.15, -0.1) is 0 Å². The number of hydrogen-bond donors (Lipinski definition) is 1. The molecule has 0 saturated carbocycles. The zero-order chi connectivity index (χ0) is 21.1. The fourth-order valence-electron chi connectivity index (χ4n) is 3.94. The van der Waals surface area contributed by atoms with Crippen molar-refractivity contribution in [1.82, 2.24) is 9.47 Å². The Hall–Kier alpha value is -2.94. The Bertz CT molecular complexity index is 987. The summed E-state index contributed by atoms with van der Waals surface area (Å²) in [6.45, 7) is 18.2. The van der Waals surface area contributed by atoms with Crippen LogP contribution in [0.4, 0.5) is 0 Å². The quantitative estimate of drug-likeness (QED) is 0.767. The zero-order valence-corrected chi connectivity index (χ0v) is 18.1. The number of rotatable bonds is 4. The van der Waals surface area contributed by atoms with E-state index in [1.54, 1.807) is 0 Å². The molecule has 3 heteroatoms. The van der Waals surface area contributed by atoms with E-state index in [-0.39, 0.29) is 0 Å². The van der Waals surface area contributed by atoms with Gasteiger partial charge in [0.15, 0.2) is 0 Å². The highest BCUT2D eigenvalue weighted by Crippen LogP contribution is 2.38. The van der Waals surface area contributed by atoms with Gasteiger partial charge >= 0.3 is 0 Å². The van der Waals surface area contributed by atoms with Crippen LogP contribution in [-0.2, 0) is 26.4 Å². The van der Waals surface area contributed by atoms with Crippen LogP contribution in [0.5, 0.6) is 0 Å². The first kappa shape index (κ1) is 20.8. The molecule has 1 aliphatic carbocycles. The first-order chi connectivity index (χ1) is 13.9. The Balaban J connectivity index is 0.000000204. The van der Waals surface area contributed by atoms with E-state index in [2.05, 4.69) is 67.3 Å². The summed E-state index contributed by atoms with van der Waals surface area (Å²) in [7, 11) is 2.04. The molecule has 1 aliphatic heterocycles. The Morgan fingerprint density at radius 2 is 1.86 bits per heavy atom. The van der Waals surface area contributed by atoms with Crippen molar-refractivity contribution < 1.29 is 0 Å². The molecule has 1 aromatic carbocycles. The minimum atomic E-state index is 0.820. The van der Waals surface area contributed by atoms with Gasteiger partial charge in [-0.2, -0.15) is 0 Å². The number of benzene rings is 1. The van der Waals surface area contributed by atoms with E-state index in [1.807, 2.05) is 19.3 Å². The van der Waals surface area contributed by atoms with Gasteiger partial charge < -0.3 is 15.2 Å². The van der Waals surface area contributed by atoms with E-state index in [9.17, 15) is 0 Å². The predicted octanol–water partition coefficient (Wildman–Crippen LogP) is 5.35. The summed E-state index contributed by atoms with van der Waals surface area (Å²) in [6.07, 6.45) is 5.23. The zero-order valence-electron chi connectivity index (χ0n) is 18.1. The Morgan fingerprint density at radius 1 is 1.10 bits per heavy atom. The second-order valence-electron chi connectivity index (χ2n) is 7.81. The van der Waals surface area contributed by atoms with Gasteiger partial charge in [0, 0.05) is 43.2 Å². The smallest absolute Gasteiger partial charge is 0.0683 e. The van der Waals surface area contributed by atoms with Crippen LogP contribution >= 0.6 is 0 Å². The molecule has 0 spiro atoms. The summed E-state index contributed by atoms with van der Waals surface area (Å²) in [6, 6.07) is 11.0. The third-order valence-electron chi connectivity index (χ3n) is 5.97. The first-order valence-electron chi connectivity index (χ1n) is 10.4. The average Bonchev–Trinajstić information content (AvgIpc) is 3.18. The van der Waals surface area contributed by atoms with Crippen molar-refractivity contribution >= 4 is 5.57 Å². The molecule has 0 atom stereocenters. The third kappa shape index (κ3) is 4.09. The highest BCUT2D eigenvalue weighted by Gasteiger charge is 2.30. The van der Waals surface area contributed by atoms with Crippen LogP contribution in [0.25, 0.3) is 5.57 Å². The molecule has 0 saturated heterocycles. The average molecular weight is 388 g/mol. The highest BCUT2D eigenvalue weighted by atomic mass is 15.2. The molecule has 2 aromatic rings. The Kier molecular flexibility index (Phi) is 6.17. The lowest BCUT2D eigenvalue weighted by molar-refractivity contribution is 0.320. The number of nitrogens with two attached hydrogens (primary N) is 1. The van der Waals surface area contributed by atoms with Crippen molar-refractivity contribution in [2.75, 3.05) is 6.54 Å². The summed E-state index contributed by atoms with van der Waals surface area (Å²) in [4.78, 5) is 2.34. The lowest BCUT2D eigenvalue weighted by Crippen LogP contribution is -2.37. The maximum Gasteiger partial charge on any atom is 0.0683 e. The van der Waals surface area contributed by atoms with E-state index >= 15 is 0 Å². The summed E-state index contributed by atoms with van der Waals surface area (Å²) in [5.74, 6) is 0. The number of nitrogens with zero attached hydrogens (tertiary/aromatic N) is 2. The lowest BCUT2D eigenvalue weighted by atomic mass is 9.87. The molecule has 0 radical (unpaired) electrons. The largest absolute Gasteiger partial charge is 0.397 e. The topological polar surface area (TPSA) is 34.2 Å². The molecule has 2 aliphatic rings. The molecule has 4 rings (SSSR count). The van der Waals surface area contributed by atoms with Crippen LogP contribution in [0.3, 0.4) is 0 Å². The minimum absolute atomic E-state index is 0.820. The first-order valence-corrected chi connectivity index (χ1v) is 10.4. The number of hydrogen-bond acceptors (Lipinski definition) is 2. The third-order valence-corrected chi connectivity index (χ3v) is 5.97. The van der Waals surface area contributed by atoms with E-state index in [0.717, 1.165) is 54.9 Å². The van der Waals surface area contributed by atoms with Gasteiger partial charge in [-0.1, -0.05) is 51.8 Å². The maximum atomic E-state index is 6.04. The van der Waals surface area contributed by atoms with E-state index in [0.29, 0.717) is 0 Å². The molecule has 2 N–H and O–H groups in total. The van der Waals surface area contributed by atoms with Gasteiger partial charge in [0.2, 0.25) is 0 Å². The van der Waals surface area contributed by atoms with Crippen molar-refractivity contribution in [2.45, 2.75) is 39.7 Å². The molecule has 1 aromatic heterocycles. The molecule has 0 fully saturated rings. The number of allylic oxidation sites excluding steroid dienone is 3. The van der Waals surface area contributed by atoms with Crippen LogP contribution in [0.2, 0.25) is 0 Å². The van der Waals surface area contributed by atoms with Crippen LogP contribution in [0.1, 0.15) is 42.7 Å². The molecular weight excluding hydrogens is 354 g/mol. The van der Waals surface area contributed by atoms with Crippen molar-refractivity contribution in [2.24, 2.45) is 12.8 Å². The number of fused-ring (bicyclic) bond motifs is 1. The van der Waals surface area contributed by atoms with Crippen molar-refractivity contribution in [3.63, 3.8) is 0 Å². The van der Waals surface area contributed by atoms with Gasteiger partial charge in [0.25, 0.3) is 0 Å². The summed E-state index contributed by atoms with van der Waals surface area (Å²) in [5.41, 5.74) is 16.6. The van der Waals surface area contributed by atoms with Crippen LogP contribution < -0.4 is 5.73 Å². The Labute approximate surface area is 175 Å². The molecule has 0 bridgehead atoms. The maximum absolute atomic E-state index is 6.04. The van der Waals surface area contributed by atoms with E-state index < -0.39 is 0 Å². The summed E-state index contributed by atoms with van der Waals surface area (Å²) in [5, 5.41) is 0. The van der Waals surface area contributed by atoms with Gasteiger partial charge in [-0.05, 0) is 53.7 Å². The lowest BCUT2D eigenvalue weighted by Gasteiger charge is -2.39. The fourth-order valence-corrected chi connectivity index (χ4v) is 3.94. The van der Waals surface area contributed by atoms with Crippen molar-refractivity contribution in [3.8, 4) is 0 Å². The fraction of sp³-hybridized carbons (Fsp3) is 0.308. The molecule has 152 valence electrons. The van der Waals surface area contributed by atoms with Gasteiger partial charge in [0.1, 0.15) is 0 Å². The normalized spacial score (nSPS) is 15.5. The molecular formula is C26H33N3. The second-order valence-corrected chi connectivity index (χ2v) is 7.81. The van der Waals surface area contributed by atoms with Crippen LogP contribution in [0.15, 0.2) is 78.8 Å². The van der Waals surface area contributed by atoms with Crippen LogP contribution in [0, 0.1) is 0 Å². The molecule has 3 nitrogen and oxygen atoms in total. The summed E-state index contributed by atoms with van der Waals surface area (Å²) >= 11 is 0. The standard InChI is InChI=1S/C17H20N2.C9H13N/c1-4-13-5-6-14-7-8-19(10-15(14)9-13)17-12(3)11(2)16(17)18;1-4-8(2)9-6-5-7-10(9)3/h5-6,9H,2-4,7-8,10,18H2,1H3;5-7H,2,4H2,1,3H3. The minimum Gasteiger partial charge on any atom is -0.397 e. The molecule has 0 unspecified atom stereocenters.